The Morgan fingerprint density at radius 3 is 2.57 bits per heavy atom. The van der Waals surface area contributed by atoms with Gasteiger partial charge < -0.3 is 0 Å². The first-order chi connectivity index (χ1) is 9.59. The molecule has 2 rings (SSSR count). The van der Waals surface area contributed by atoms with E-state index in [1.165, 1.54) is 0 Å². The van der Waals surface area contributed by atoms with E-state index in [4.69, 9.17) is 0 Å². The van der Waals surface area contributed by atoms with Gasteiger partial charge in [0.15, 0.2) is 0 Å². The third kappa shape index (κ3) is 3.77. The fourth-order valence-corrected chi connectivity index (χ4v) is 2.99. The van der Waals surface area contributed by atoms with Crippen molar-refractivity contribution in [2.75, 3.05) is 0 Å². The maximum absolute atomic E-state index is 13.4. The monoisotopic (exact) mass is 364 g/mol. The summed E-state index contributed by atoms with van der Waals surface area (Å²) in [6, 6.07) is 5.00. The molecule has 0 radical (unpaired) electrons. The molecule has 0 saturated carbocycles. The van der Waals surface area contributed by atoms with Crippen LogP contribution >= 0.6 is 15.9 Å². The lowest BCUT2D eigenvalue weighted by atomic mass is 9.97. The Morgan fingerprint density at radius 2 is 2.10 bits per heavy atom. The van der Waals surface area contributed by atoms with E-state index in [9.17, 15) is 18.0 Å². The van der Waals surface area contributed by atoms with Gasteiger partial charge in [0.2, 0.25) is 5.91 Å². The number of nitrogens with one attached hydrogen (secondary N) is 1. The van der Waals surface area contributed by atoms with Crippen LogP contribution in [0.25, 0.3) is 0 Å². The first kappa shape index (κ1) is 16.3. The lowest BCUT2D eigenvalue weighted by molar-refractivity contribution is -0.200. The normalized spacial score (nSPS) is 20.4. The average Bonchev–Trinajstić information content (AvgIpc) is 2.58. The molecule has 116 valence electrons. The lowest BCUT2D eigenvalue weighted by Crippen LogP contribution is -2.57. The Morgan fingerprint density at radius 1 is 1.43 bits per heavy atom. The van der Waals surface area contributed by atoms with Crippen LogP contribution in [0.3, 0.4) is 0 Å². The summed E-state index contributed by atoms with van der Waals surface area (Å²) in [4.78, 5) is 11.5. The van der Waals surface area contributed by atoms with Gasteiger partial charge in [-0.05, 0) is 38.0 Å². The van der Waals surface area contributed by atoms with Crippen LogP contribution in [0, 0.1) is 0 Å². The number of rotatable bonds is 3. The van der Waals surface area contributed by atoms with Gasteiger partial charge in [-0.15, -0.1) is 0 Å². The summed E-state index contributed by atoms with van der Waals surface area (Å²) < 4.78 is 41.0. The molecule has 0 aliphatic carbocycles. The standard InChI is InChI=1S/C14H16BrF3N2O/c1-13(2)8-12(21)19-20(13)11(14(16,17)18)7-9-4-3-5-10(15)6-9/h3-6,11H,7-8H2,1-2H3,(H,19,21)/t11-/m0/s1. The smallest absolute Gasteiger partial charge is 0.288 e. The molecule has 1 atom stereocenters. The first-order valence-electron chi connectivity index (χ1n) is 6.49. The molecule has 1 aliphatic rings. The molecule has 7 heteroatoms. The number of nitrogens with zero attached hydrogens (tertiary/aromatic N) is 1. The minimum absolute atomic E-state index is 0.0536. The molecule has 0 aromatic heterocycles. The fraction of sp³-hybridized carbons (Fsp3) is 0.500. The summed E-state index contributed by atoms with van der Waals surface area (Å²) >= 11 is 3.25. The summed E-state index contributed by atoms with van der Waals surface area (Å²) in [7, 11) is 0. The Bertz CT molecular complexity index is 545. The highest BCUT2D eigenvalue weighted by Crippen LogP contribution is 2.35. The van der Waals surface area contributed by atoms with E-state index in [1.807, 2.05) is 0 Å². The van der Waals surface area contributed by atoms with Crippen LogP contribution in [0.5, 0.6) is 0 Å². The summed E-state index contributed by atoms with van der Waals surface area (Å²) in [5.74, 6) is -0.386. The van der Waals surface area contributed by atoms with Crippen molar-refractivity contribution in [2.45, 2.75) is 44.4 Å². The number of benzene rings is 1. The number of carbonyl (C=O) groups excluding carboxylic acids is 1. The predicted molar refractivity (Wildman–Crippen MR) is 76.4 cm³/mol. The van der Waals surface area contributed by atoms with Crippen LogP contribution in [0.1, 0.15) is 25.8 Å². The van der Waals surface area contributed by atoms with Crippen molar-refractivity contribution in [1.82, 2.24) is 10.4 Å². The average molecular weight is 365 g/mol. The Hall–Kier alpha value is -1.08. The number of carbonyl (C=O) groups is 1. The molecule has 1 N–H and O–H groups in total. The molecule has 3 nitrogen and oxygen atoms in total. The summed E-state index contributed by atoms with van der Waals surface area (Å²) in [6.45, 7) is 3.26. The molecule has 1 aromatic carbocycles. The largest absolute Gasteiger partial charge is 0.406 e. The highest BCUT2D eigenvalue weighted by molar-refractivity contribution is 9.10. The second-order valence-electron chi connectivity index (χ2n) is 5.79. The summed E-state index contributed by atoms with van der Waals surface area (Å²) in [5.41, 5.74) is 2.04. The molecule has 1 saturated heterocycles. The highest BCUT2D eigenvalue weighted by Gasteiger charge is 2.51. The molecule has 1 aliphatic heterocycles. The van der Waals surface area contributed by atoms with E-state index in [1.54, 1.807) is 38.1 Å². The van der Waals surface area contributed by atoms with Gasteiger partial charge in [0.1, 0.15) is 6.04 Å². The van der Waals surface area contributed by atoms with Crippen molar-refractivity contribution in [1.29, 1.82) is 0 Å². The van der Waals surface area contributed by atoms with E-state index >= 15 is 0 Å². The molecule has 1 heterocycles. The maximum Gasteiger partial charge on any atom is 0.406 e. The van der Waals surface area contributed by atoms with Crippen LogP contribution in [0.2, 0.25) is 0 Å². The molecule has 1 fully saturated rings. The van der Waals surface area contributed by atoms with Crippen molar-refractivity contribution >= 4 is 21.8 Å². The van der Waals surface area contributed by atoms with E-state index in [2.05, 4.69) is 21.4 Å². The molecule has 1 aromatic rings. The predicted octanol–water partition coefficient (Wildman–Crippen LogP) is 3.44. The Balaban J connectivity index is 2.30. The molecule has 0 bridgehead atoms. The van der Waals surface area contributed by atoms with E-state index in [-0.39, 0.29) is 18.7 Å². The van der Waals surface area contributed by atoms with Gasteiger partial charge in [-0.2, -0.15) is 13.2 Å². The van der Waals surface area contributed by atoms with Crippen molar-refractivity contribution in [3.05, 3.63) is 34.3 Å². The fourth-order valence-electron chi connectivity index (χ4n) is 2.54. The van der Waals surface area contributed by atoms with Gasteiger partial charge in [0, 0.05) is 16.4 Å². The van der Waals surface area contributed by atoms with E-state index in [0.29, 0.717) is 5.56 Å². The van der Waals surface area contributed by atoms with Gasteiger partial charge in [0.25, 0.3) is 0 Å². The number of alkyl halides is 3. The number of halogens is 4. The maximum atomic E-state index is 13.4. The van der Waals surface area contributed by atoms with Crippen LogP contribution in [-0.2, 0) is 11.2 Å². The van der Waals surface area contributed by atoms with Gasteiger partial charge in [-0.1, -0.05) is 28.1 Å². The van der Waals surface area contributed by atoms with Gasteiger partial charge in [0.05, 0.1) is 0 Å². The molecule has 0 unspecified atom stereocenters. The minimum Gasteiger partial charge on any atom is -0.288 e. The zero-order valence-electron chi connectivity index (χ0n) is 11.7. The summed E-state index contributed by atoms with van der Waals surface area (Å²) in [6.07, 6.45) is -4.60. The van der Waals surface area contributed by atoms with Gasteiger partial charge in [-0.25, -0.2) is 5.01 Å². The number of hydrazine groups is 1. The molecular weight excluding hydrogens is 349 g/mol. The minimum atomic E-state index is -4.43. The van der Waals surface area contributed by atoms with Gasteiger partial charge in [-0.3, -0.25) is 10.2 Å². The van der Waals surface area contributed by atoms with Crippen molar-refractivity contribution in [2.24, 2.45) is 0 Å². The number of hydrogen-bond donors (Lipinski definition) is 1. The lowest BCUT2D eigenvalue weighted by Gasteiger charge is -2.37. The number of amides is 1. The van der Waals surface area contributed by atoms with Crippen LogP contribution in [-0.4, -0.2) is 28.7 Å². The van der Waals surface area contributed by atoms with Crippen LogP contribution < -0.4 is 5.43 Å². The third-order valence-electron chi connectivity index (χ3n) is 3.50. The zero-order valence-corrected chi connectivity index (χ0v) is 13.3. The quantitative estimate of drug-likeness (QED) is 0.890. The van der Waals surface area contributed by atoms with Gasteiger partial charge >= 0.3 is 6.18 Å². The Kier molecular flexibility index (Phi) is 4.35. The van der Waals surface area contributed by atoms with Crippen LogP contribution in [0.15, 0.2) is 28.7 Å². The third-order valence-corrected chi connectivity index (χ3v) is 3.99. The first-order valence-corrected chi connectivity index (χ1v) is 7.29. The molecular formula is C14H16BrF3N2O. The van der Waals surface area contributed by atoms with E-state index in [0.717, 1.165) is 9.48 Å². The molecule has 21 heavy (non-hydrogen) atoms. The van der Waals surface area contributed by atoms with Crippen molar-refractivity contribution in [3.63, 3.8) is 0 Å². The van der Waals surface area contributed by atoms with Crippen LogP contribution in [0.4, 0.5) is 13.2 Å². The molecule has 1 amide bonds. The van der Waals surface area contributed by atoms with Crippen molar-refractivity contribution < 1.29 is 18.0 Å². The van der Waals surface area contributed by atoms with Crippen molar-refractivity contribution in [3.8, 4) is 0 Å². The Labute approximate surface area is 129 Å². The highest BCUT2D eigenvalue weighted by atomic mass is 79.9. The summed E-state index contributed by atoms with van der Waals surface area (Å²) in [5, 5.41) is 1.04. The molecule has 0 spiro atoms. The van der Waals surface area contributed by atoms with E-state index < -0.39 is 17.8 Å². The SMILES string of the molecule is CC1(C)CC(=O)NN1[C@@H](Cc1cccc(Br)c1)C(F)(F)F. The topological polar surface area (TPSA) is 32.3 Å². The second kappa shape index (κ2) is 5.61. The number of hydrogen-bond acceptors (Lipinski definition) is 2. The second-order valence-corrected chi connectivity index (χ2v) is 6.70. The zero-order chi connectivity index (χ0) is 15.8.